The topological polar surface area (TPSA) is 29.1 Å². The molecule has 2 atom stereocenters. The third kappa shape index (κ3) is 3.37. The Morgan fingerprint density at radius 3 is 2.63 bits per heavy atom. The lowest BCUT2D eigenvalue weighted by atomic mass is 9.67. The van der Waals surface area contributed by atoms with E-state index in [-0.39, 0.29) is 5.91 Å². The predicted molar refractivity (Wildman–Crippen MR) is 79.1 cm³/mol. The average Bonchev–Trinajstić information content (AvgIpc) is 2.39. The Morgan fingerprint density at radius 2 is 2.00 bits per heavy atom. The molecule has 1 aliphatic carbocycles. The minimum absolute atomic E-state index is 0.0682. The van der Waals surface area contributed by atoms with Gasteiger partial charge in [-0.2, -0.15) is 0 Å². The van der Waals surface area contributed by atoms with Gasteiger partial charge >= 0.3 is 0 Å². The Hall–Kier alpha value is -1.31. The highest BCUT2D eigenvalue weighted by Crippen LogP contribution is 2.41. The molecule has 1 fully saturated rings. The van der Waals surface area contributed by atoms with Crippen LogP contribution in [0, 0.1) is 11.3 Å². The molecule has 0 aromatic heterocycles. The van der Waals surface area contributed by atoms with Gasteiger partial charge in [0, 0.05) is 11.6 Å². The largest absolute Gasteiger partial charge is 0.349 e. The van der Waals surface area contributed by atoms with Gasteiger partial charge in [-0.1, -0.05) is 45.4 Å². The van der Waals surface area contributed by atoms with Crippen LogP contribution in [0.1, 0.15) is 56.8 Å². The highest BCUT2D eigenvalue weighted by molar-refractivity contribution is 5.94. The van der Waals surface area contributed by atoms with Gasteiger partial charge in [0.1, 0.15) is 0 Å². The van der Waals surface area contributed by atoms with E-state index >= 15 is 0 Å². The van der Waals surface area contributed by atoms with E-state index in [2.05, 4.69) is 26.1 Å². The van der Waals surface area contributed by atoms with Gasteiger partial charge in [0.25, 0.3) is 5.91 Å². The van der Waals surface area contributed by atoms with Crippen molar-refractivity contribution in [1.82, 2.24) is 5.32 Å². The molecular formula is C17H25NO. The third-order valence-corrected chi connectivity index (χ3v) is 4.78. The Balaban J connectivity index is 1.98. The van der Waals surface area contributed by atoms with Crippen molar-refractivity contribution in [3.05, 3.63) is 35.9 Å². The lowest BCUT2D eigenvalue weighted by Gasteiger charge is -2.41. The fraction of sp³-hybridized carbons (Fsp3) is 0.588. The molecule has 2 nitrogen and oxygen atoms in total. The van der Waals surface area contributed by atoms with Crippen molar-refractivity contribution in [1.29, 1.82) is 0 Å². The van der Waals surface area contributed by atoms with E-state index in [1.54, 1.807) is 0 Å². The lowest BCUT2D eigenvalue weighted by Crippen LogP contribution is -2.43. The number of hydrogen-bond acceptors (Lipinski definition) is 1. The van der Waals surface area contributed by atoms with Crippen molar-refractivity contribution < 1.29 is 4.79 Å². The molecule has 0 radical (unpaired) electrons. The Bertz CT molecular complexity index is 426. The maximum atomic E-state index is 12.2. The molecule has 1 aromatic rings. The summed E-state index contributed by atoms with van der Waals surface area (Å²) in [6.07, 6.45) is 4.71. The van der Waals surface area contributed by atoms with Gasteiger partial charge in [-0.3, -0.25) is 4.79 Å². The smallest absolute Gasteiger partial charge is 0.251 e. The van der Waals surface area contributed by atoms with Crippen molar-refractivity contribution in [2.45, 2.75) is 52.5 Å². The van der Waals surface area contributed by atoms with E-state index in [4.69, 9.17) is 0 Å². The van der Waals surface area contributed by atoms with Crippen molar-refractivity contribution in [3.8, 4) is 0 Å². The van der Waals surface area contributed by atoms with Crippen LogP contribution in [0.25, 0.3) is 0 Å². The number of rotatable bonds is 3. The molecule has 1 amide bonds. The number of hydrogen-bond donors (Lipinski definition) is 1. The minimum atomic E-state index is 0.0682. The summed E-state index contributed by atoms with van der Waals surface area (Å²) >= 11 is 0. The van der Waals surface area contributed by atoms with Crippen LogP contribution < -0.4 is 5.32 Å². The number of carbonyl (C=O) groups is 1. The first kappa shape index (κ1) is 14.1. The fourth-order valence-electron chi connectivity index (χ4n) is 3.03. The second kappa shape index (κ2) is 5.77. The van der Waals surface area contributed by atoms with E-state index in [0.717, 1.165) is 18.4 Å². The molecule has 1 aromatic carbocycles. The van der Waals surface area contributed by atoms with E-state index in [1.165, 1.54) is 12.8 Å². The SMILES string of the molecule is CC(C)C1(C)CCCC(NC(=O)c2ccccc2)C1. The van der Waals surface area contributed by atoms with Crippen LogP contribution in [-0.4, -0.2) is 11.9 Å². The van der Waals surface area contributed by atoms with Gasteiger partial charge in [-0.25, -0.2) is 0 Å². The first-order valence-electron chi connectivity index (χ1n) is 7.37. The summed E-state index contributed by atoms with van der Waals surface area (Å²) in [6.45, 7) is 6.95. The van der Waals surface area contributed by atoms with Gasteiger partial charge in [-0.05, 0) is 42.7 Å². The van der Waals surface area contributed by atoms with E-state index < -0.39 is 0 Å². The first-order valence-corrected chi connectivity index (χ1v) is 7.37. The zero-order valence-electron chi connectivity index (χ0n) is 12.3. The quantitative estimate of drug-likeness (QED) is 0.872. The molecule has 19 heavy (non-hydrogen) atoms. The standard InChI is InChI=1S/C17H25NO/c1-13(2)17(3)11-7-10-15(12-17)18-16(19)14-8-5-4-6-9-14/h4-6,8-9,13,15H,7,10-12H2,1-3H3,(H,18,19). The second-order valence-electron chi connectivity index (χ2n) is 6.44. The maximum Gasteiger partial charge on any atom is 0.251 e. The molecule has 2 rings (SSSR count). The Morgan fingerprint density at radius 1 is 1.32 bits per heavy atom. The molecule has 0 spiro atoms. The van der Waals surface area contributed by atoms with Crippen LogP contribution in [0.3, 0.4) is 0 Å². The van der Waals surface area contributed by atoms with Gasteiger partial charge in [0.05, 0.1) is 0 Å². The molecule has 1 aliphatic rings. The highest BCUT2D eigenvalue weighted by atomic mass is 16.1. The number of amides is 1. The molecule has 2 unspecified atom stereocenters. The molecule has 1 N–H and O–H groups in total. The minimum Gasteiger partial charge on any atom is -0.349 e. The van der Waals surface area contributed by atoms with Crippen LogP contribution in [0.2, 0.25) is 0 Å². The number of carbonyl (C=O) groups excluding carboxylic acids is 1. The summed E-state index contributed by atoms with van der Waals surface area (Å²) in [4.78, 5) is 12.2. The summed E-state index contributed by atoms with van der Waals surface area (Å²) in [6, 6.07) is 9.84. The molecular weight excluding hydrogens is 234 g/mol. The molecule has 0 bridgehead atoms. The lowest BCUT2D eigenvalue weighted by molar-refractivity contribution is 0.0837. The van der Waals surface area contributed by atoms with Crippen LogP contribution in [0.5, 0.6) is 0 Å². The van der Waals surface area contributed by atoms with E-state index in [1.807, 2.05) is 30.3 Å². The zero-order valence-corrected chi connectivity index (χ0v) is 12.3. The molecule has 1 saturated carbocycles. The summed E-state index contributed by atoms with van der Waals surface area (Å²) in [5, 5.41) is 3.21. The van der Waals surface area contributed by atoms with E-state index in [9.17, 15) is 4.79 Å². The molecule has 0 heterocycles. The number of benzene rings is 1. The zero-order chi connectivity index (χ0) is 13.9. The highest BCUT2D eigenvalue weighted by Gasteiger charge is 2.35. The van der Waals surface area contributed by atoms with Crippen LogP contribution in [0.15, 0.2) is 30.3 Å². The van der Waals surface area contributed by atoms with Crippen molar-refractivity contribution in [2.24, 2.45) is 11.3 Å². The first-order chi connectivity index (χ1) is 9.01. The Kier molecular flexibility index (Phi) is 4.28. The second-order valence-corrected chi connectivity index (χ2v) is 6.44. The summed E-state index contributed by atoms with van der Waals surface area (Å²) in [7, 11) is 0. The molecule has 0 aliphatic heterocycles. The molecule has 2 heteroatoms. The van der Waals surface area contributed by atoms with Crippen LogP contribution >= 0.6 is 0 Å². The number of nitrogens with one attached hydrogen (secondary N) is 1. The maximum absolute atomic E-state index is 12.2. The molecule has 0 saturated heterocycles. The predicted octanol–water partition coefficient (Wildman–Crippen LogP) is 4.02. The summed E-state index contributed by atoms with van der Waals surface area (Å²) < 4.78 is 0. The van der Waals surface area contributed by atoms with Gasteiger partial charge in [-0.15, -0.1) is 0 Å². The third-order valence-electron chi connectivity index (χ3n) is 4.78. The van der Waals surface area contributed by atoms with Crippen molar-refractivity contribution in [3.63, 3.8) is 0 Å². The molecule has 104 valence electrons. The van der Waals surface area contributed by atoms with E-state index in [0.29, 0.717) is 17.4 Å². The van der Waals surface area contributed by atoms with Gasteiger partial charge < -0.3 is 5.32 Å². The summed E-state index contributed by atoms with van der Waals surface area (Å²) in [5.41, 5.74) is 1.13. The average molecular weight is 259 g/mol. The monoisotopic (exact) mass is 259 g/mol. The van der Waals surface area contributed by atoms with Crippen molar-refractivity contribution in [2.75, 3.05) is 0 Å². The van der Waals surface area contributed by atoms with Gasteiger partial charge in [0.15, 0.2) is 0 Å². The van der Waals surface area contributed by atoms with Crippen LogP contribution in [0.4, 0.5) is 0 Å². The van der Waals surface area contributed by atoms with Crippen molar-refractivity contribution >= 4 is 5.91 Å². The fourth-order valence-corrected chi connectivity index (χ4v) is 3.03. The van der Waals surface area contributed by atoms with Gasteiger partial charge in [0.2, 0.25) is 0 Å². The summed E-state index contributed by atoms with van der Waals surface area (Å²) in [5.74, 6) is 0.738. The van der Waals surface area contributed by atoms with Crippen LogP contribution in [-0.2, 0) is 0 Å². The Labute approximate surface area is 116 Å². The normalized spacial score (nSPS) is 27.3.